The van der Waals surface area contributed by atoms with Gasteiger partial charge in [-0.2, -0.15) is 4.68 Å². The number of aromatic nitrogens is 2. The molecule has 0 aliphatic rings. The monoisotopic (exact) mass is 379 g/mol. The van der Waals surface area contributed by atoms with Gasteiger partial charge in [-0.15, -0.1) is 5.10 Å². The predicted molar refractivity (Wildman–Crippen MR) is 100 cm³/mol. The van der Waals surface area contributed by atoms with E-state index in [2.05, 4.69) is 5.10 Å². The summed E-state index contributed by atoms with van der Waals surface area (Å²) in [5.74, 6) is -2.90. The van der Waals surface area contributed by atoms with Crippen molar-refractivity contribution in [1.82, 2.24) is 9.78 Å². The van der Waals surface area contributed by atoms with Crippen molar-refractivity contribution in [2.75, 3.05) is 12.3 Å². The van der Waals surface area contributed by atoms with Crippen LogP contribution >= 0.6 is 0 Å². The molecule has 0 unspecified atom stereocenters. The van der Waals surface area contributed by atoms with Crippen LogP contribution in [0.4, 0.5) is 5.82 Å². The van der Waals surface area contributed by atoms with E-state index in [1.807, 2.05) is 0 Å². The molecule has 0 bridgehead atoms. The third-order valence-corrected chi connectivity index (χ3v) is 3.76. The van der Waals surface area contributed by atoms with Gasteiger partial charge in [0.15, 0.2) is 11.4 Å². The third kappa shape index (κ3) is 3.75. The Hall–Kier alpha value is -3.94. The lowest BCUT2D eigenvalue weighted by Crippen LogP contribution is -2.20. The number of anilines is 1. The van der Waals surface area contributed by atoms with Gasteiger partial charge in [0.1, 0.15) is 0 Å². The van der Waals surface area contributed by atoms with Gasteiger partial charge in [0.2, 0.25) is 5.88 Å². The summed E-state index contributed by atoms with van der Waals surface area (Å²) in [7, 11) is 0. The fourth-order valence-electron chi connectivity index (χ4n) is 2.47. The van der Waals surface area contributed by atoms with E-state index in [9.17, 15) is 14.4 Å². The molecule has 2 aromatic carbocycles. The Morgan fingerprint density at radius 2 is 1.50 bits per heavy atom. The number of esters is 2. The Labute approximate surface area is 160 Å². The smallest absolute Gasteiger partial charge is 0.347 e. The van der Waals surface area contributed by atoms with E-state index >= 15 is 0 Å². The van der Waals surface area contributed by atoms with Crippen LogP contribution in [0, 0.1) is 0 Å². The van der Waals surface area contributed by atoms with Gasteiger partial charge < -0.3 is 15.2 Å². The molecule has 0 atom stereocenters. The molecule has 142 valence electrons. The highest BCUT2D eigenvalue weighted by molar-refractivity contribution is 6.03. The van der Waals surface area contributed by atoms with Crippen molar-refractivity contribution in [3.8, 4) is 5.88 Å². The standard InChI is InChI=1S/C20H17N3O5/c1-2-27-20(26)15-16(21)22-23(17(24)13-9-5-3-6-10-13)18(15)28-19(25)14-11-7-4-8-12-14/h3-12H,2H2,1H3,(H2,21,22). The van der Waals surface area contributed by atoms with Crippen LogP contribution in [0.3, 0.4) is 0 Å². The third-order valence-electron chi connectivity index (χ3n) is 3.76. The molecular formula is C20H17N3O5. The lowest BCUT2D eigenvalue weighted by Gasteiger charge is -2.09. The number of ether oxygens (including phenoxy) is 2. The van der Waals surface area contributed by atoms with Crippen molar-refractivity contribution in [1.29, 1.82) is 0 Å². The highest BCUT2D eigenvalue weighted by Crippen LogP contribution is 2.27. The molecule has 3 aromatic rings. The maximum absolute atomic E-state index is 12.8. The topological polar surface area (TPSA) is 114 Å². The second-order valence-electron chi connectivity index (χ2n) is 5.62. The second kappa shape index (κ2) is 8.17. The van der Waals surface area contributed by atoms with Gasteiger partial charge in [0.05, 0.1) is 12.2 Å². The van der Waals surface area contributed by atoms with E-state index < -0.39 is 23.7 Å². The SMILES string of the molecule is CCOC(=O)c1c(N)nn(C(=O)c2ccccc2)c1OC(=O)c1ccccc1. The molecule has 0 saturated carbocycles. The largest absolute Gasteiger partial charge is 0.462 e. The molecule has 0 saturated heterocycles. The fraction of sp³-hybridized carbons (Fsp3) is 0.100. The zero-order chi connectivity index (χ0) is 20.1. The van der Waals surface area contributed by atoms with E-state index in [-0.39, 0.29) is 29.1 Å². The number of nitrogen functional groups attached to an aromatic ring is 1. The van der Waals surface area contributed by atoms with Crippen LogP contribution in [0.25, 0.3) is 0 Å². The molecule has 0 amide bonds. The molecular weight excluding hydrogens is 362 g/mol. The van der Waals surface area contributed by atoms with Gasteiger partial charge in [-0.3, -0.25) is 4.79 Å². The first-order valence-corrected chi connectivity index (χ1v) is 8.45. The van der Waals surface area contributed by atoms with Crippen molar-refractivity contribution in [2.24, 2.45) is 0 Å². The average Bonchev–Trinajstić information content (AvgIpc) is 3.04. The summed E-state index contributed by atoms with van der Waals surface area (Å²) >= 11 is 0. The summed E-state index contributed by atoms with van der Waals surface area (Å²) in [6.07, 6.45) is 0. The first-order chi connectivity index (χ1) is 13.5. The molecule has 3 rings (SSSR count). The Kier molecular flexibility index (Phi) is 5.50. The van der Waals surface area contributed by atoms with Crippen LogP contribution in [0.5, 0.6) is 5.88 Å². The molecule has 0 fully saturated rings. The van der Waals surface area contributed by atoms with Crippen molar-refractivity contribution in [2.45, 2.75) is 6.92 Å². The first kappa shape index (κ1) is 18.8. The van der Waals surface area contributed by atoms with E-state index in [4.69, 9.17) is 15.2 Å². The van der Waals surface area contributed by atoms with Crippen LogP contribution in [-0.2, 0) is 4.74 Å². The Balaban J connectivity index is 2.07. The minimum absolute atomic E-state index is 0.0716. The molecule has 1 heterocycles. The molecule has 1 aromatic heterocycles. The van der Waals surface area contributed by atoms with Crippen LogP contribution in [0.15, 0.2) is 60.7 Å². The molecule has 28 heavy (non-hydrogen) atoms. The Morgan fingerprint density at radius 1 is 0.929 bits per heavy atom. The summed E-state index contributed by atoms with van der Waals surface area (Å²) in [6, 6.07) is 16.3. The lowest BCUT2D eigenvalue weighted by molar-refractivity contribution is 0.0521. The molecule has 8 nitrogen and oxygen atoms in total. The molecule has 0 spiro atoms. The maximum atomic E-state index is 12.8. The lowest BCUT2D eigenvalue weighted by atomic mass is 10.2. The number of hydrogen-bond donors (Lipinski definition) is 1. The summed E-state index contributed by atoms with van der Waals surface area (Å²) in [5, 5.41) is 3.90. The summed E-state index contributed by atoms with van der Waals surface area (Å²) in [5.41, 5.74) is 6.05. The Bertz CT molecular complexity index is 1010. The highest BCUT2D eigenvalue weighted by Gasteiger charge is 2.30. The minimum atomic E-state index is -0.844. The number of nitrogens with two attached hydrogens (primary N) is 1. The van der Waals surface area contributed by atoms with Crippen LogP contribution < -0.4 is 10.5 Å². The second-order valence-corrected chi connectivity index (χ2v) is 5.62. The average molecular weight is 379 g/mol. The van der Waals surface area contributed by atoms with Crippen molar-refractivity contribution in [3.63, 3.8) is 0 Å². The zero-order valence-corrected chi connectivity index (χ0v) is 15.0. The number of benzene rings is 2. The van der Waals surface area contributed by atoms with Crippen LogP contribution in [-0.4, -0.2) is 34.2 Å². The van der Waals surface area contributed by atoms with Gasteiger partial charge >= 0.3 is 11.9 Å². The number of hydrogen-bond acceptors (Lipinski definition) is 7. The number of carbonyl (C=O) groups is 3. The molecule has 0 aliphatic heterocycles. The maximum Gasteiger partial charge on any atom is 0.347 e. The summed E-state index contributed by atoms with van der Waals surface area (Å²) < 4.78 is 11.1. The zero-order valence-electron chi connectivity index (χ0n) is 15.0. The van der Waals surface area contributed by atoms with E-state index in [0.717, 1.165) is 4.68 Å². The molecule has 2 N–H and O–H groups in total. The Morgan fingerprint density at radius 3 is 2.07 bits per heavy atom. The van der Waals surface area contributed by atoms with E-state index in [1.165, 1.54) is 12.1 Å². The molecule has 0 aliphatic carbocycles. The van der Waals surface area contributed by atoms with E-state index in [1.54, 1.807) is 55.5 Å². The minimum Gasteiger partial charge on any atom is -0.462 e. The van der Waals surface area contributed by atoms with Gasteiger partial charge in [0.25, 0.3) is 5.91 Å². The number of nitrogens with zero attached hydrogens (tertiary/aromatic N) is 2. The normalized spacial score (nSPS) is 10.3. The van der Waals surface area contributed by atoms with Gasteiger partial charge in [0, 0.05) is 5.56 Å². The quantitative estimate of drug-likeness (QED) is 0.678. The van der Waals surface area contributed by atoms with E-state index in [0.29, 0.717) is 0 Å². The number of carbonyl (C=O) groups excluding carboxylic acids is 3. The summed E-state index contributed by atoms with van der Waals surface area (Å²) in [4.78, 5) is 37.7. The fourth-order valence-corrected chi connectivity index (χ4v) is 2.47. The van der Waals surface area contributed by atoms with Crippen molar-refractivity contribution in [3.05, 3.63) is 77.4 Å². The van der Waals surface area contributed by atoms with Gasteiger partial charge in [-0.1, -0.05) is 36.4 Å². The summed E-state index contributed by atoms with van der Waals surface area (Å²) in [6.45, 7) is 1.69. The predicted octanol–water partition coefficient (Wildman–Crippen LogP) is 2.55. The molecule has 0 radical (unpaired) electrons. The van der Waals surface area contributed by atoms with Crippen LogP contribution in [0.1, 0.15) is 38.0 Å². The number of rotatable bonds is 5. The van der Waals surface area contributed by atoms with Crippen molar-refractivity contribution >= 4 is 23.7 Å². The highest BCUT2D eigenvalue weighted by atomic mass is 16.6. The molecule has 8 heteroatoms. The van der Waals surface area contributed by atoms with Gasteiger partial charge in [-0.25, -0.2) is 9.59 Å². The van der Waals surface area contributed by atoms with Gasteiger partial charge in [-0.05, 0) is 31.2 Å². The van der Waals surface area contributed by atoms with Crippen molar-refractivity contribution < 1.29 is 23.9 Å². The van der Waals surface area contributed by atoms with Crippen LogP contribution in [0.2, 0.25) is 0 Å². The first-order valence-electron chi connectivity index (χ1n) is 8.45.